The smallest absolute Gasteiger partial charge is 0.119 e. The van der Waals surface area contributed by atoms with E-state index < -0.39 is 0 Å². The summed E-state index contributed by atoms with van der Waals surface area (Å²) in [7, 11) is 1.69. The van der Waals surface area contributed by atoms with Crippen LogP contribution >= 0.6 is 15.9 Å². The van der Waals surface area contributed by atoms with Gasteiger partial charge in [-0.15, -0.1) is 0 Å². The van der Waals surface area contributed by atoms with E-state index in [0.29, 0.717) is 5.92 Å². The van der Waals surface area contributed by atoms with Crippen molar-refractivity contribution >= 4 is 15.9 Å². The summed E-state index contributed by atoms with van der Waals surface area (Å²) in [6.07, 6.45) is 4.54. The number of benzene rings is 1. The van der Waals surface area contributed by atoms with Crippen molar-refractivity contribution in [1.29, 1.82) is 0 Å². The molecule has 0 spiro atoms. The molecule has 0 bridgehead atoms. The number of ether oxygens (including phenoxy) is 2. The number of halogens is 1. The van der Waals surface area contributed by atoms with Crippen LogP contribution in [0.1, 0.15) is 24.8 Å². The van der Waals surface area contributed by atoms with Gasteiger partial charge in [0.15, 0.2) is 0 Å². The maximum absolute atomic E-state index is 6.65. The molecule has 1 heterocycles. The molecule has 0 amide bonds. The van der Waals surface area contributed by atoms with Crippen molar-refractivity contribution in [2.24, 2.45) is 11.7 Å². The Morgan fingerprint density at radius 2 is 2.26 bits per heavy atom. The van der Waals surface area contributed by atoms with Gasteiger partial charge in [0.2, 0.25) is 0 Å². The Bertz CT molecular complexity index is 475. The molecule has 104 valence electrons. The van der Waals surface area contributed by atoms with E-state index >= 15 is 0 Å². The molecule has 3 nitrogen and oxygen atoms in total. The molecular weight excluding hydrogens is 306 g/mol. The molecule has 2 fully saturated rings. The van der Waals surface area contributed by atoms with Crippen LogP contribution in [0.4, 0.5) is 0 Å². The van der Waals surface area contributed by atoms with Gasteiger partial charge in [0.1, 0.15) is 5.75 Å². The molecule has 19 heavy (non-hydrogen) atoms. The van der Waals surface area contributed by atoms with Crippen LogP contribution in [0, 0.1) is 5.92 Å². The molecule has 0 aromatic heterocycles. The molecule has 2 unspecified atom stereocenters. The summed E-state index contributed by atoms with van der Waals surface area (Å²) >= 11 is 3.61. The van der Waals surface area contributed by atoms with Crippen molar-refractivity contribution in [3.8, 4) is 5.75 Å². The SMILES string of the molecule is COc1ccc(Br)c(CC2(N)CCOC2C2CC2)c1. The van der Waals surface area contributed by atoms with Crippen molar-refractivity contribution in [2.45, 2.75) is 37.3 Å². The van der Waals surface area contributed by atoms with Gasteiger partial charge < -0.3 is 15.2 Å². The maximum Gasteiger partial charge on any atom is 0.119 e. The van der Waals surface area contributed by atoms with Crippen LogP contribution in [0.3, 0.4) is 0 Å². The Balaban J connectivity index is 1.83. The molecule has 1 saturated carbocycles. The fourth-order valence-electron chi connectivity index (χ4n) is 3.05. The fourth-order valence-corrected chi connectivity index (χ4v) is 3.43. The first-order valence-corrected chi connectivity index (χ1v) is 7.64. The van der Waals surface area contributed by atoms with Crippen molar-refractivity contribution in [3.63, 3.8) is 0 Å². The molecule has 0 radical (unpaired) electrons. The summed E-state index contributed by atoms with van der Waals surface area (Å²) in [5.41, 5.74) is 7.63. The van der Waals surface area contributed by atoms with Crippen LogP contribution in [0.5, 0.6) is 5.75 Å². The minimum absolute atomic E-state index is 0.226. The minimum Gasteiger partial charge on any atom is -0.497 e. The Morgan fingerprint density at radius 3 is 2.95 bits per heavy atom. The molecule has 2 atom stereocenters. The summed E-state index contributed by atoms with van der Waals surface area (Å²) in [5.74, 6) is 1.56. The average Bonchev–Trinajstić information content (AvgIpc) is 3.16. The third kappa shape index (κ3) is 2.67. The molecule has 3 rings (SSSR count). The van der Waals surface area contributed by atoms with Crippen LogP contribution in [0.15, 0.2) is 22.7 Å². The molecule has 4 heteroatoms. The van der Waals surface area contributed by atoms with Gasteiger partial charge in [0.05, 0.1) is 13.2 Å². The fraction of sp³-hybridized carbons (Fsp3) is 0.600. The first kappa shape index (κ1) is 13.4. The molecule has 2 aliphatic rings. The predicted octanol–water partition coefficient (Wildman–Crippen LogP) is 2.90. The zero-order valence-electron chi connectivity index (χ0n) is 11.2. The van der Waals surface area contributed by atoms with Crippen LogP contribution in [0.2, 0.25) is 0 Å². The zero-order valence-corrected chi connectivity index (χ0v) is 12.8. The van der Waals surface area contributed by atoms with E-state index in [1.165, 1.54) is 18.4 Å². The molecule has 1 aliphatic carbocycles. The second-order valence-electron chi connectivity index (χ2n) is 5.75. The predicted molar refractivity (Wildman–Crippen MR) is 78.4 cm³/mol. The van der Waals surface area contributed by atoms with E-state index in [2.05, 4.69) is 22.0 Å². The molecule has 1 saturated heterocycles. The van der Waals surface area contributed by atoms with E-state index in [1.54, 1.807) is 7.11 Å². The van der Waals surface area contributed by atoms with Gasteiger partial charge in [-0.2, -0.15) is 0 Å². The van der Waals surface area contributed by atoms with Crippen LogP contribution in [-0.4, -0.2) is 25.4 Å². The zero-order chi connectivity index (χ0) is 13.5. The lowest BCUT2D eigenvalue weighted by atomic mass is 9.83. The Hall–Kier alpha value is -0.580. The van der Waals surface area contributed by atoms with E-state index in [0.717, 1.165) is 29.7 Å². The van der Waals surface area contributed by atoms with Crippen LogP contribution < -0.4 is 10.5 Å². The quantitative estimate of drug-likeness (QED) is 0.925. The van der Waals surface area contributed by atoms with Crippen LogP contribution in [0.25, 0.3) is 0 Å². The highest BCUT2D eigenvalue weighted by Crippen LogP contribution is 2.44. The van der Waals surface area contributed by atoms with Gasteiger partial charge >= 0.3 is 0 Å². The lowest BCUT2D eigenvalue weighted by Crippen LogP contribution is -2.50. The molecule has 1 aliphatic heterocycles. The van der Waals surface area contributed by atoms with E-state index in [4.69, 9.17) is 15.2 Å². The average molecular weight is 326 g/mol. The van der Waals surface area contributed by atoms with E-state index in [9.17, 15) is 0 Å². The number of methoxy groups -OCH3 is 1. The highest BCUT2D eigenvalue weighted by Gasteiger charge is 2.48. The Kier molecular flexibility index (Phi) is 3.58. The van der Waals surface area contributed by atoms with Crippen molar-refractivity contribution < 1.29 is 9.47 Å². The topological polar surface area (TPSA) is 44.5 Å². The Labute approximate surface area is 122 Å². The highest BCUT2D eigenvalue weighted by molar-refractivity contribution is 9.10. The summed E-state index contributed by atoms with van der Waals surface area (Å²) < 4.78 is 12.3. The summed E-state index contributed by atoms with van der Waals surface area (Å²) in [6, 6.07) is 6.06. The molecule has 1 aromatic rings. The largest absolute Gasteiger partial charge is 0.497 e. The van der Waals surface area contributed by atoms with E-state index in [-0.39, 0.29) is 11.6 Å². The number of hydrogen-bond acceptors (Lipinski definition) is 3. The highest BCUT2D eigenvalue weighted by atomic mass is 79.9. The monoisotopic (exact) mass is 325 g/mol. The molecular formula is C15H20BrNO2. The molecule has 1 aromatic carbocycles. The van der Waals surface area contributed by atoms with Gasteiger partial charge in [0.25, 0.3) is 0 Å². The first-order valence-electron chi connectivity index (χ1n) is 6.85. The normalized spacial score (nSPS) is 30.6. The van der Waals surface area contributed by atoms with Crippen LogP contribution in [-0.2, 0) is 11.2 Å². The maximum atomic E-state index is 6.65. The molecule has 2 N–H and O–H groups in total. The lowest BCUT2D eigenvalue weighted by molar-refractivity contribution is 0.0626. The third-order valence-corrected chi connectivity index (χ3v) is 5.03. The first-order chi connectivity index (χ1) is 9.12. The second-order valence-corrected chi connectivity index (χ2v) is 6.60. The summed E-state index contributed by atoms with van der Waals surface area (Å²) in [5, 5.41) is 0. The van der Waals surface area contributed by atoms with Crippen molar-refractivity contribution in [3.05, 3.63) is 28.2 Å². The number of nitrogens with two attached hydrogens (primary N) is 1. The summed E-state index contributed by atoms with van der Waals surface area (Å²) in [6.45, 7) is 0.791. The van der Waals surface area contributed by atoms with Gasteiger partial charge in [-0.05, 0) is 55.4 Å². The van der Waals surface area contributed by atoms with Gasteiger partial charge in [-0.25, -0.2) is 0 Å². The van der Waals surface area contributed by atoms with E-state index in [1.807, 2.05) is 12.1 Å². The van der Waals surface area contributed by atoms with Gasteiger partial charge in [0, 0.05) is 16.6 Å². The van der Waals surface area contributed by atoms with Crippen molar-refractivity contribution in [1.82, 2.24) is 0 Å². The van der Waals surface area contributed by atoms with Gasteiger partial charge in [-0.3, -0.25) is 0 Å². The second kappa shape index (κ2) is 5.08. The number of rotatable bonds is 4. The lowest BCUT2D eigenvalue weighted by Gasteiger charge is -2.30. The van der Waals surface area contributed by atoms with Crippen molar-refractivity contribution in [2.75, 3.05) is 13.7 Å². The number of hydrogen-bond donors (Lipinski definition) is 1. The summed E-state index contributed by atoms with van der Waals surface area (Å²) in [4.78, 5) is 0. The Morgan fingerprint density at radius 1 is 1.47 bits per heavy atom. The minimum atomic E-state index is -0.226. The van der Waals surface area contributed by atoms with Gasteiger partial charge in [-0.1, -0.05) is 15.9 Å². The standard InChI is InChI=1S/C15H20BrNO2/c1-18-12-4-5-13(16)11(8-12)9-15(17)6-7-19-14(15)10-2-3-10/h4-5,8,10,14H,2-3,6-7,9,17H2,1H3. The third-order valence-electron chi connectivity index (χ3n) is 4.25.